The average Bonchev–Trinajstić information content (AvgIpc) is 1.58. The van der Waals surface area contributed by atoms with Gasteiger partial charge in [0.2, 0.25) is 11.3 Å². The number of aliphatic imine (C=N–C) groups is 1. The van der Waals surface area contributed by atoms with Gasteiger partial charge in [0.1, 0.15) is 11.3 Å². The Hall–Kier alpha value is -7.14. The Bertz CT molecular complexity index is 3560. The third kappa shape index (κ3) is 27.9. The number of aryl methyl sites for hydroxylation is 5. The second-order valence-corrected chi connectivity index (χ2v) is 27.3. The number of rotatable bonds is 43. The molecule has 24 nitrogen and oxygen atoms in total. The first-order valence-corrected chi connectivity index (χ1v) is 35.4. The van der Waals surface area contributed by atoms with Gasteiger partial charge < -0.3 is 65.0 Å². The molecule has 576 valence electrons. The van der Waals surface area contributed by atoms with Crippen molar-refractivity contribution >= 4 is 12.0 Å². The highest BCUT2D eigenvalue weighted by Gasteiger charge is 2.66. The maximum Gasteiger partial charge on any atom is 0.442 e. The second-order valence-electron chi connectivity index (χ2n) is 27.3. The summed E-state index contributed by atoms with van der Waals surface area (Å²) in [5.41, 5.74) is 4.53. The number of carbonyl (C=O) groups excluding carboxylic acids is 1. The number of hydrogen-bond acceptors (Lipinski definition) is 24. The second kappa shape index (κ2) is 39.6. The summed E-state index contributed by atoms with van der Waals surface area (Å²) in [6.07, 6.45) is -4.73. The van der Waals surface area contributed by atoms with E-state index in [1.807, 2.05) is 87.9 Å². The quantitative estimate of drug-likeness (QED) is 0.0128. The summed E-state index contributed by atoms with van der Waals surface area (Å²) in [6.45, 7) is 10.7. The van der Waals surface area contributed by atoms with Crippen molar-refractivity contribution in [2.75, 3.05) is 59.4 Å². The molecule has 10 N–H and O–H groups in total. The standard InChI is InChI=1S/C24H27F3N4O3.C19H28N2O4.C16H21F3N2O3.C16H24N2O4/c1-22(28-29-22)18-8-2-16(3-9-18)6-12-20(32)14-34-15-21(33)13-7-17-4-10-19(11-5-17)23(30-31-23)24(25,26)27;1-3-16(22)10-11-18(24)13-25-12-17(23)9-6-14-4-7-15(8-5-14)19(2)20-21-19;1-2-13(22)9-24-10-14(23)8-5-11-3-6-12(7-4-11)15(20-21-15)16(17,18)19;1-16(11-17-16)13-5-2-12(3-6-13)4-7-14(19)9-22-10-15(20)8-18-21/h2-5,8-11,20-21,32-33H,6-7,12-15H2,1H3;4-5,7-8,17-18,23-24H,3,6,9-13H2,1-2H3;3-4,6-7,13-14,22-23H,2,5,8-10H2,1H3;2-3,5-6,11,14-15,18-21H,4,7-10H2,1H3. The minimum absolute atomic E-state index is 0.00353. The fourth-order valence-corrected chi connectivity index (χ4v) is 10.6. The number of alkyl halides is 6. The first-order chi connectivity index (χ1) is 49.9. The zero-order chi connectivity index (χ0) is 76.5. The first-order valence-electron chi connectivity index (χ1n) is 35.4. The number of carbonyl (C=O) groups is 1. The summed E-state index contributed by atoms with van der Waals surface area (Å²) in [4.78, 5) is 15.4. The Labute approximate surface area is 607 Å². The maximum atomic E-state index is 13.0. The number of nitrogens with one attached hydrogen (secondary N) is 1. The summed E-state index contributed by atoms with van der Waals surface area (Å²) in [6, 6.07) is 36.2. The van der Waals surface area contributed by atoms with E-state index in [2.05, 4.69) is 77.1 Å². The molecule has 0 amide bonds. The highest BCUT2D eigenvalue weighted by atomic mass is 19.4. The van der Waals surface area contributed by atoms with Crippen LogP contribution in [0, 0.1) is 0 Å². The van der Waals surface area contributed by atoms with E-state index in [0.717, 1.165) is 51.8 Å². The molecule has 5 aromatic carbocycles. The van der Waals surface area contributed by atoms with E-state index in [1.165, 1.54) is 29.8 Å². The van der Waals surface area contributed by atoms with E-state index in [0.29, 0.717) is 77.0 Å². The van der Waals surface area contributed by atoms with E-state index in [-0.39, 0.29) is 87.5 Å². The zero-order valence-corrected chi connectivity index (χ0v) is 59.9. The third-order valence-corrected chi connectivity index (χ3v) is 18.2. The van der Waals surface area contributed by atoms with Crippen molar-refractivity contribution < 1.29 is 96.1 Å². The Morgan fingerprint density at radius 2 is 0.648 bits per heavy atom. The molecule has 0 fully saturated rings. The number of ketones is 1. The van der Waals surface area contributed by atoms with E-state index in [9.17, 15) is 72.0 Å². The SMILES string of the molecule is CC1(c2ccc(CCC(O)COCC(O)CCc3ccc(C4(C(F)(F)F)N=N4)cc3)cc2)N=N1.CC1(c2ccc(CCC(O)COCC(O)CNO)cc2)C=N1.CCC(=O)CCC(O)COCC(O)CCc1ccc(C2(C)N=N2)cc1.CCC(O)COCC(O)CCc1ccc(C2(C(F)(F)F)N=N2)cc1. The molecule has 0 saturated carbocycles. The summed E-state index contributed by atoms with van der Waals surface area (Å²) >= 11 is 0. The molecule has 5 aliphatic rings. The minimum Gasteiger partial charge on any atom is -0.391 e. The van der Waals surface area contributed by atoms with Crippen molar-refractivity contribution in [2.45, 2.75) is 214 Å². The van der Waals surface area contributed by atoms with Crippen LogP contribution in [0.1, 0.15) is 148 Å². The average molecular weight is 1480 g/mol. The predicted molar refractivity (Wildman–Crippen MR) is 375 cm³/mol. The molecule has 0 radical (unpaired) electrons. The largest absolute Gasteiger partial charge is 0.442 e. The lowest BCUT2D eigenvalue weighted by Gasteiger charge is -2.16. The van der Waals surface area contributed by atoms with Gasteiger partial charge in [0, 0.05) is 47.9 Å². The molecule has 10 rings (SSSR count). The van der Waals surface area contributed by atoms with Gasteiger partial charge in [-0.25, -0.2) is 5.48 Å². The Balaban J connectivity index is 0.000000199. The number of Topliss-reactive ketones (excluding diaryl/α,β-unsaturated/α-hetero) is 1. The van der Waals surface area contributed by atoms with Crippen LogP contribution in [0.15, 0.2) is 167 Å². The fourth-order valence-electron chi connectivity index (χ4n) is 10.6. The molecule has 105 heavy (non-hydrogen) atoms. The molecular formula is C75H100F6N10O14. The van der Waals surface area contributed by atoms with Gasteiger partial charge in [-0.05, 0) is 131 Å². The monoisotopic (exact) mass is 1480 g/mol. The van der Waals surface area contributed by atoms with Gasteiger partial charge in [-0.2, -0.15) is 46.8 Å². The van der Waals surface area contributed by atoms with Gasteiger partial charge in [0.05, 0.1) is 102 Å². The number of aliphatic hydroxyl groups excluding tert-OH is 8. The van der Waals surface area contributed by atoms with Gasteiger partial charge >= 0.3 is 23.7 Å². The Morgan fingerprint density at radius 3 is 0.886 bits per heavy atom. The number of benzene rings is 5. The van der Waals surface area contributed by atoms with Crippen molar-refractivity contribution in [3.63, 3.8) is 0 Å². The van der Waals surface area contributed by atoms with Crippen LogP contribution < -0.4 is 5.48 Å². The highest BCUT2D eigenvalue weighted by Crippen LogP contribution is 2.53. The van der Waals surface area contributed by atoms with Crippen molar-refractivity contribution in [1.29, 1.82) is 0 Å². The van der Waals surface area contributed by atoms with Crippen LogP contribution in [0.5, 0.6) is 0 Å². The summed E-state index contributed by atoms with van der Waals surface area (Å²) < 4.78 is 99.0. The van der Waals surface area contributed by atoms with Crippen LogP contribution >= 0.6 is 0 Å². The number of halogens is 6. The maximum absolute atomic E-state index is 13.0. The lowest BCUT2D eigenvalue weighted by molar-refractivity contribution is -0.166. The van der Waals surface area contributed by atoms with Crippen LogP contribution in [0.2, 0.25) is 0 Å². The predicted octanol–water partition coefficient (Wildman–Crippen LogP) is 11.1. The van der Waals surface area contributed by atoms with Gasteiger partial charge in [-0.1, -0.05) is 135 Å². The summed E-state index contributed by atoms with van der Waals surface area (Å²) in [5, 5.41) is 115. The molecule has 5 heterocycles. The topological polar surface area (TPSA) is 359 Å². The van der Waals surface area contributed by atoms with Gasteiger partial charge in [-0.15, -0.1) is 20.5 Å². The molecule has 0 aliphatic carbocycles. The molecule has 0 spiro atoms. The molecule has 0 saturated heterocycles. The third-order valence-electron chi connectivity index (χ3n) is 18.2. The zero-order valence-electron chi connectivity index (χ0n) is 59.9. The van der Waals surface area contributed by atoms with E-state index >= 15 is 0 Å². The lowest BCUT2D eigenvalue weighted by Crippen LogP contribution is -2.30. The first kappa shape index (κ1) is 85.1. The molecule has 0 bridgehead atoms. The van der Waals surface area contributed by atoms with Crippen molar-refractivity contribution in [2.24, 2.45) is 45.9 Å². The number of nitrogens with zero attached hydrogens (tertiary/aromatic N) is 9. The highest BCUT2D eigenvalue weighted by molar-refractivity contribution is 5.85. The van der Waals surface area contributed by atoms with Gasteiger partial charge in [-0.3, -0.25) is 9.79 Å². The number of aliphatic hydroxyl groups is 8. The molecule has 30 heteroatoms. The van der Waals surface area contributed by atoms with Crippen LogP contribution in [0.3, 0.4) is 0 Å². The molecule has 0 aromatic heterocycles. The normalized spacial score (nSPS) is 19.2. The number of hydrogen-bond donors (Lipinski definition) is 10. The van der Waals surface area contributed by atoms with E-state index in [1.54, 1.807) is 24.3 Å². The summed E-state index contributed by atoms with van der Waals surface area (Å²) in [7, 11) is 0. The molecular weight excluding hydrogens is 1380 g/mol. The Kier molecular flexibility index (Phi) is 32.1. The van der Waals surface area contributed by atoms with Gasteiger partial charge in [0.25, 0.3) is 0 Å². The van der Waals surface area contributed by atoms with Gasteiger partial charge in [0.15, 0.2) is 0 Å². The molecule has 5 aliphatic heterocycles. The smallest absolute Gasteiger partial charge is 0.391 e. The summed E-state index contributed by atoms with van der Waals surface area (Å²) in [5.74, 6) is 0.142. The molecule has 9 unspecified atom stereocenters. The Morgan fingerprint density at radius 1 is 0.390 bits per heavy atom. The minimum atomic E-state index is -4.54. The molecule has 5 aromatic rings. The van der Waals surface area contributed by atoms with E-state index < -0.39 is 78.2 Å². The fraction of sp³-hybridized carbons (Fsp3) is 0.573. The molecule has 9 atom stereocenters. The number of hydroxylamine groups is 1. The van der Waals surface area contributed by atoms with Crippen LogP contribution in [0.25, 0.3) is 0 Å². The van der Waals surface area contributed by atoms with Crippen LogP contribution in [0.4, 0.5) is 26.3 Å². The lowest BCUT2D eigenvalue weighted by atomic mass is 9.97. The van der Waals surface area contributed by atoms with Crippen molar-refractivity contribution in [3.8, 4) is 0 Å². The number of ether oxygens (including phenoxy) is 4. The van der Waals surface area contributed by atoms with Crippen LogP contribution in [-0.4, -0.2) is 179 Å². The van der Waals surface area contributed by atoms with Crippen molar-refractivity contribution in [3.05, 3.63) is 177 Å². The van der Waals surface area contributed by atoms with Crippen molar-refractivity contribution in [1.82, 2.24) is 5.48 Å². The van der Waals surface area contributed by atoms with E-state index in [4.69, 9.17) is 24.2 Å². The van der Waals surface area contributed by atoms with Crippen LogP contribution in [-0.2, 0) is 84.0 Å².